The van der Waals surface area contributed by atoms with E-state index in [0.717, 1.165) is 13.1 Å². The van der Waals surface area contributed by atoms with Gasteiger partial charge in [-0.15, -0.1) is 0 Å². The van der Waals surface area contributed by atoms with Gasteiger partial charge in [-0.25, -0.2) is 17.6 Å². The largest absolute Gasteiger partial charge is 0.379 e. The molecule has 1 fully saturated rings. The predicted molar refractivity (Wildman–Crippen MR) is 77.1 cm³/mol. The van der Waals surface area contributed by atoms with Crippen LogP contribution in [0.15, 0.2) is 6.07 Å². The summed E-state index contributed by atoms with van der Waals surface area (Å²) in [5, 5.41) is 6.07. The topological polar surface area (TPSA) is 59.4 Å². The fourth-order valence-electron chi connectivity index (χ4n) is 2.43. The molecule has 1 aromatic heterocycles. The van der Waals surface area contributed by atoms with Gasteiger partial charge in [0.05, 0.1) is 13.2 Å². The Morgan fingerprint density at radius 1 is 1.29 bits per heavy atom. The quantitative estimate of drug-likeness (QED) is 0.760. The van der Waals surface area contributed by atoms with E-state index in [1.807, 2.05) is 0 Å². The fourth-order valence-corrected chi connectivity index (χ4v) is 2.43. The van der Waals surface area contributed by atoms with Crippen LogP contribution in [0.1, 0.15) is 37.2 Å². The van der Waals surface area contributed by atoms with E-state index < -0.39 is 36.2 Å². The van der Waals surface area contributed by atoms with Gasteiger partial charge in [-0.05, 0) is 13.0 Å². The van der Waals surface area contributed by atoms with Gasteiger partial charge in [-0.3, -0.25) is 14.4 Å². The van der Waals surface area contributed by atoms with E-state index in [-0.39, 0.29) is 0 Å². The van der Waals surface area contributed by atoms with Gasteiger partial charge in [0.15, 0.2) is 0 Å². The number of hydrogen-bond donors (Lipinski definition) is 1. The molecular weight excluding hydrogens is 332 g/mol. The Bertz CT molecular complexity index is 547. The van der Waals surface area contributed by atoms with Crippen molar-refractivity contribution >= 4 is 5.91 Å². The number of carbonyl (C=O) groups is 1. The number of aromatic nitrogens is 2. The first-order chi connectivity index (χ1) is 11.4. The maximum atomic E-state index is 13.0. The van der Waals surface area contributed by atoms with Gasteiger partial charge in [0, 0.05) is 26.2 Å². The van der Waals surface area contributed by atoms with Crippen LogP contribution < -0.4 is 5.32 Å². The molecule has 1 amide bonds. The molecule has 1 aliphatic rings. The van der Waals surface area contributed by atoms with Gasteiger partial charge in [-0.1, -0.05) is 0 Å². The number of hydrogen-bond acceptors (Lipinski definition) is 4. The monoisotopic (exact) mass is 352 g/mol. The highest BCUT2D eigenvalue weighted by Crippen LogP contribution is 2.27. The van der Waals surface area contributed by atoms with E-state index >= 15 is 0 Å². The molecule has 0 aliphatic carbocycles. The lowest BCUT2D eigenvalue weighted by molar-refractivity contribution is -0.124. The summed E-state index contributed by atoms with van der Waals surface area (Å²) in [6.07, 6.45) is -5.96. The molecule has 1 aliphatic heterocycles. The summed E-state index contributed by atoms with van der Waals surface area (Å²) in [4.78, 5) is 14.2. The summed E-state index contributed by atoms with van der Waals surface area (Å²) in [5.41, 5.74) is -1.46. The Morgan fingerprint density at radius 3 is 2.54 bits per heavy atom. The number of ether oxygens (including phenoxy) is 1. The predicted octanol–water partition coefficient (Wildman–Crippen LogP) is 1.77. The first kappa shape index (κ1) is 18.7. The van der Waals surface area contributed by atoms with E-state index in [9.17, 15) is 22.4 Å². The Balaban J connectivity index is 1.94. The third kappa shape index (κ3) is 4.67. The number of halogens is 4. The van der Waals surface area contributed by atoms with Gasteiger partial charge in [0.1, 0.15) is 17.4 Å². The first-order valence-corrected chi connectivity index (χ1v) is 7.63. The van der Waals surface area contributed by atoms with Crippen LogP contribution in [0, 0.1) is 0 Å². The summed E-state index contributed by atoms with van der Waals surface area (Å²) in [6, 6.07) is -0.474. The molecule has 1 aromatic rings. The lowest BCUT2D eigenvalue weighted by Crippen LogP contribution is -2.42. The molecule has 1 atom stereocenters. The van der Waals surface area contributed by atoms with Crippen molar-refractivity contribution in [1.82, 2.24) is 20.0 Å². The first-order valence-electron chi connectivity index (χ1n) is 7.63. The Morgan fingerprint density at radius 2 is 1.96 bits per heavy atom. The number of alkyl halides is 4. The Kier molecular flexibility index (Phi) is 6.55. The van der Waals surface area contributed by atoms with Crippen molar-refractivity contribution in [2.45, 2.75) is 25.8 Å². The molecule has 2 rings (SSSR count). The highest BCUT2D eigenvalue weighted by molar-refractivity contribution is 5.79. The molecule has 0 spiro atoms. The van der Waals surface area contributed by atoms with Crippen molar-refractivity contribution in [2.75, 3.05) is 39.4 Å². The second-order valence-corrected chi connectivity index (χ2v) is 5.46. The minimum Gasteiger partial charge on any atom is -0.379 e. The van der Waals surface area contributed by atoms with Crippen molar-refractivity contribution in [2.24, 2.45) is 0 Å². The van der Waals surface area contributed by atoms with Crippen LogP contribution in [0.2, 0.25) is 0 Å². The Hall–Kier alpha value is -1.68. The summed E-state index contributed by atoms with van der Waals surface area (Å²) in [6.45, 7) is 5.06. The molecule has 1 saturated heterocycles. The fraction of sp³-hybridized carbons (Fsp3) is 0.714. The number of nitrogens with zero attached hydrogens (tertiary/aromatic N) is 3. The Labute approximate surface area is 136 Å². The van der Waals surface area contributed by atoms with Gasteiger partial charge < -0.3 is 10.1 Å². The van der Waals surface area contributed by atoms with Crippen molar-refractivity contribution in [3.05, 3.63) is 17.5 Å². The average molecular weight is 352 g/mol. The van der Waals surface area contributed by atoms with Crippen LogP contribution in [0.4, 0.5) is 17.6 Å². The van der Waals surface area contributed by atoms with E-state index in [1.54, 1.807) is 0 Å². The minimum absolute atomic E-state index is 0.330. The second kappa shape index (κ2) is 8.43. The molecule has 0 aromatic carbocycles. The van der Waals surface area contributed by atoms with Crippen molar-refractivity contribution in [1.29, 1.82) is 0 Å². The normalized spacial score (nSPS) is 17.5. The van der Waals surface area contributed by atoms with E-state index in [1.165, 1.54) is 6.92 Å². The van der Waals surface area contributed by atoms with Crippen LogP contribution in [-0.2, 0) is 9.53 Å². The van der Waals surface area contributed by atoms with Gasteiger partial charge in [0.2, 0.25) is 5.91 Å². The third-order valence-corrected chi connectivity index (χ3v) is 3.81. The lowest BCUT2D eigenvalue weighted by atomic mass is 10.3. The molecule has 1 N–H and O–H groups in total. The SMILES string of the molecule is CC(C(=O)NCCN1CCOCC1)n1nc(C(F)F)cc1C(F)F. The second-order valence-electron chi connectivity index (χ2n) is 5.46. The maximum Gasteiger partial charge on any atom is 0.282 e. The molecule has 2 heterocycles. The average Bonchev–Trinajstić information content (AvgIpc) is 3.01. The molecule has 24 heavy (non-hydrogen) atoms. The maximum absolute atomic E-state index is 13.0. The summed E-state index contributed by atoms with van der Waals surface area (Å²) >= 11 is 0. The zero-order chi connectivity index (χ0) is 17.7. The van der Waals surface area contributed by atoms with Crippen LogP contribution >= 0.6 is 0 Å². The molecule has 0 radical (unpaired) electrons. The summed E-state index contributed by atoms with van der Waals surface area (Å²) < 4.78 is 57.1. The zero-order valence-electron chi connectivity index (χ0n) is 13.2. The zero-order valence-corrected chi connectivity index (χ0v) is 13.2. The van der Waals surface area contributed by atoms with E-state index in [2.05, 4.69) is 15.3 Å². The van der Waals surface area contributed by atoms with Crippen LogP contribution in [-0.4, -0.2) is 60.0 Å². The van der Waals surface area contributed by atoms with Crippen LogP contribution in [0.5, 0.6) is 0 Å². The highest BCUT2D eigenvalue weighted by atomic mass is 19.3. The summed E-state index contributed by atoms with van der Waals surface area (Å²) in [7, 11) is 0. The standard InChI is InChI=1S/C14H20F4N4O2/c1-9(14(23)19-2-3-21-4-6-24-7-5-21)22-11(13(17)18)8-10(20-22)12(15)16/h8-9,12-13H,2-7H2,1H3,(H,19,23). The van der Waals surface area contributed by atoms with Crippen molar-refractivity contribution in [3.63, 3.8) is 0 Å². The van der Waals surface area contributed by atoms with Crippen LogP contribution in [0.3, 0.4) is 0 Å². The van der Waals surface area contributed by atoms with Gasteiger partial charge in [0.25, 0.3) is 12.9 Å². The van der Waals surface area contributed by atoms with Crippen molar-refractivity contribution in [3.8, 4) is 0 Å². The minimum atomic E-state index is -2.99. The van der Waals surface area contributed by atoms with Gasteiger partial charge >= 0.3 is 0 Å². The molecule has 1 unspecified atom stereocenters. The molecule has 6 nitrogen and oxygen atoms in total. The number of morpholine rings is 1. The molecule has 0 bridgehead atoms. The third-order valence-electron chi connectivity index (χ3n) is 3.81. The number of nitrogens with one attached hydrogen (secondary N) is 1. The van der Waals surface area contributed by atoms with Gasteiger partial charge in [-0.2, -0.15) is 5.10 Å². The van der Waals surface area contributed by atoms with E-state index in [0.29, 0.717) is 37.1 Å². The van der Waals surface area contributed by atoms with Crippen molar-refractivity contribution < 1.29 is 27.1 Å². The number of amides is 1. The molecule has 10 heteroatoms. The summed E-state index contributed by atoms with van der Waals surface area (Å²) in [5.74, 6) is -0.547. The molecule has 0 saturated carbocycles. The molecule has 136 valence electrons. The molecular formula is C14H20F4N4O2. The number of rotatable bonds is 7. The number of carbonyl (C=O) groups excluding carboxylic acids is 1. The lowest BCUT2D eigenvalue weighted by Gasteiger charge is -2.26. The van der Waals surface area contributed by atoms with E-state index in [4.69, 9.17) is 4.74 Å². The van der Waals surface area contributed by atoms with Crippen LogP contribution in [0.25, 0.3) is 0 Å². The highest BCUT2D eigenvalue weighted by Gasteiger charge is 2.26. The smallest absolute Gasteiger partial charge is 0.282 e.